The van der Waals surface area contributed by atoms with Crippen molar-refractivity contribution in [3.63, 3.8) is 0 Å². The van der Waals surface area contributed by atoms with Gasteiger partial charge in [0.25, 0.3) is 0 Å². The Morgan fingerprint density at radius 3 is 2.05 bits per heavy atom. The molecule has 0 atom stereocenters. The molecule has 2 aromatic rings. The van der Waals surface area contributed by atoms with Crippen molar-refractivity contribution >= 4 is 11.7 Å². The highest BCUT2D eigenvalue weighted by molar-refractivity contribution is 5.83. The molecule has 0 spiro atoms. The van der Waals surface area contributed by atoms with Gasteiger partial charge in [0.2, 0.25) is 0 Å². The molecular formula is C17H15F3O. The van der Waals surface area contributed by atoms with Crippen LogP contribution in [-0.2, 0) is 6.42 Å². The first kappa shape index (κ1) is 15.2. The zero-order valence-electron chi connectivity index (χ0n) is 11.8. The van der Waals surface area contributed by atoms with Crippen LogP contribution in [0.3, 0.4) is 0 Å². The van der Waals surface area contributed by atoms with Gasteiger partial charge in [0, 0.05) is 11.1 Å². The van der Waals surface area contributed by atoms with Crippen molar-refractivity contribution in [2.24, 2.45) is 0 Å². The lowest BCUT2D eigenvalue weighted by atomic mass is 10.1. The average molecular weight is 292 g/mol. The second-order valence-corrected chi connectivity index (χ2v) is 4.53. The minimum atomic E-state index is -1.10. The lowest BCUT2D eigenvalue weighted by Crippen LogP contribution is -1.91. The topological polar surface area (TPSA) is 9.23 Å². The van der Waals surface area contributed by atoms with E-state index in [1.807, 2.05) is 6.92 Å². The number of methoxy groups -OCH3 is 1. The monoisotopic (exact) mass is 292 g/mol. The standard InChI is InChI=1S/C17H15F3O/c1-3-11-4-6-12(7-5-11)16(19)17(20)13-8-9-15(21-2)14(18)10-13/h4-10H,3H2,1-2H3/b17-16+. The number of ether oxygens (including phenoxy) is 1. The molecule has 0 fully saturated rings. The normalized spacial score (nSPS) is 12.0. The van der Waals surface area contributed by atoms with Crippen molar-refractivity contribution in [3.05, 3.63) is 65.0 Å². The summed E-state index contributed by atoms with van der Waals surface area (Å²) in [5.41, 5.74) is 0.994. The van der Waals surface area contributed by atoms with E-state index in [9.17, 15) is 13.2 Å². The molecule has 0 bridgehead atoms. The molecule has 0 saturated heterocycles. The second kappa shape index (κ2) is 6.48. The Hall–Kier alpha value is -2.23. The molecule has 0 saturated carbocycles. The number of hydrogen-bond donors (Lipinski definition) is 0. The molecular weight excluding hydrogens is 277 g/mol. The fourth-order valence-corrected chi connectivity index (χ4v) is 1.94. The molecule has 0 heterocycles. The van der Waals surface area contributed by atoms with Crippen molar-refractivity contribution in [3.8, 4) is 5.75 Å². The Morgan fingerprint density at radius 1 is 0.952 bits per heavy atom. The summed E-state index contributed by atoms with van der Waals surface area (Å²) in [5.74, 6) is -2.86. The fraction of sp³-hybridized carbons (Fsp3) is 0.176. The summed E-state index contributed by atoms with van der Waals surface area (Å²) < 4.78 is 46.5. The number of halogens is 3. The number of hydrogen-bond acceptors (Lipinski definition) is 1. The molecule has 110 valence electrons. The molecule has 4 heteroatoms. The minimum absolute atomic E-state index is 0.0146. The Balaban J connectivity index is 2.38. The highest BCUT2D eigenvalue weighted by Gasteiger charge is 2.13. The molecule has 21 heavy (non-hydrogen) atoms. The first-order valence-electron chi connectivity index (χ1n) is 6.55. The summed E-state index contributed by atoms with van der Waals surface area (Å²) in [4.78, 5) is 0. The van der Waals surface area contributed by atoms with Gasteiger partial charge < -0.3 is 4.74 Å². The van der Waals surface area contributed by atoms with E-state index in [0.717, 1.165) is 18.1 Å². The SMILES string of the molecule is CCc1ccc(/C(F)=C(\F)c2ccc(OC)c(F)c2)cc1. The van der Waals surface area contributed by atoms with Gasteiger partial charge in [0.15, 0.2) is 23.2 Å². The molecule has 0 aliphatic heterocycles. The highest BCUT2D eigenvalue weighted by Crippen LogP contribution is 2.31. The molecule has 0 amide bonds. The van der Waals surface area contributed by atoms with Gasteiger partial charge in [-0.2, -0.15) is 0 Å². The summed E-state index contributed by atoms with van der Waals surface area (Å²) in [6, 6.07) is 9.93. The molecule has 0 aliphatic carbocycles. The molecule has 0 unspecified atom stereocenters. The number of aryl methyl sites for hydroxylation is 1. The highest BCUT2D eigenvalue weighted by atomic mass is 19.2. The van der Waals surface area contributed by atoms with Gasteiger partial charge in [-0.05, 0) is 30.2 Å². The predicted octanol–water partition coefficient (Wildman–Crippen LogP) is 5.16. The maximum Gasteiger partial charge on any atom is 0.166 e. The van der Waals surface area contributed by atoms with Crippen LogP contribution in [0.1, 0.15) is 23.6 Å². The van der Waals surface area contributed by atoms with Gasteiger partial charge in [0.1, 0.15) is 0 Å². The first-order chi connectivity index (χ1) is 10.1. The van der Waals surface area contributed by atoms with Crippen LogP contribution in [-0.4, -0.2) is 7.11 Å². The van der Waals surface area contributed by atoms with Crippen molar-refractivity contribution in [1.82, 2.24) is 0 Å². The van der Waals surface area contributed by atoms with E-state index in [4.69, 9.17) is 4.74 Å². The van der Waals surface area contributed by atoms with Gasteiger partial charge in [0.05, 0.1) is 7.11 Å². The summed E-state index contributed by atoms with van der Waals surface area (Å²) in [7, 11) is 1.31. The van der Waals surface area contributed by atoms with Gasteiger partial charge in [-0.3, -0.25) is 0 Å². The number of benzene rings is 2. The average Bonchev–Trinajstić information content (AvgIpc) is 2.53. The van der Waals surface area contributed by atoms with E-state index in [-0.39, 0.29) is 16.9 Å². The maximum absolute atomic E-state index is 14.1. The molecule has 2 aromatic carbocycles. The largest absolute Gasteiger partial charge is 0.494 e. The van der Waals surface area contributed by atoms with Crippen LogP contribution in [0.15, 0.2) is 42.5 Å². The lowest BCUT2D eigenvalue weighted by molar-refractivity contribution is 0.386. The molecule has 0 aliphatic rings. The van der Waals surface area contributed by atoms with E-state index < -0.39 is 17.5 Å². The van der Waals surface area contributed by atoms with Crippen LogP contribution >= 0.6 is 0 Å². The maximum atomic E-state index is 14.1. The minimum Gasteiger partial charge on any atom is -0.494 e. The second-order valence-electron chi connectivity index (χ2n) is 4.53. The van der Waals surface area contributed by atoms with Crippen molar-refractivity contribution in [2.45, 2.75) is 13.3 Å². The van der Waals surface area contributed by atoms with Crippen molar-refractivity contribution in [1.29, 1.82) is 0 Å². The van der Waals surface area contributed by atoms with Gasteiger partial charge in [-0.1, -0.05) is 31.2 Å². The van der Waals surface area contributed by atoms with Crippen LogP contribution in [0.2, 0.25) is 0 Å². The van der Waals surface area contributed by atoms with Crippen LogP contribution in [0.5, 0.6) is 5.75 Å². The Kier molecular flexibility index (Phi) is 4.68. The van der Waals surface area contributed by atoms with Crippen molar-refractivity contribution < 1.29 is 17.9 Å². The first-order valence-corrected chi connectivity index (χ1v) is 6.55. The van der Waals surface area contributed by atoms with E-state index in [1.165, 1.54) is 31.4 Å². The third-order valence-corrected chi connectivity index (χ3v) is 3.21. The van der Waals surface area contributed by atoms with Crippen LogP contribution in [0.4, 0.5) is 13.2 Å². The van der Waals surface area contributed by atoms with Crippen LogP contribution in [0, 0.1) is 5.82 Å². The molecule has 0 N–H and O–H groups in total. The Bertz CT molecular complexity index is 660. The summed E-state index contributed by atoms with van der Waals surface area (Å²) in [6.45, 7) is 1.97. The number of rotatable bonds is 4. The molecule has 0 radical (unpaired) electrons. The Morgan fingerprint density at radius 2 is 1.52 bits per heavy atom. The fourth-order valence-electron chi connectivity index (χ4n) is 1.94. The predicted molar refractivity (Wildman–Crippen MR) is 77.8 cm³/mol. The smallest absolute Gasteiger partial charge is 0.166 e. The van der Waals surface area contributed by atoms with Gasteiger partial charge in [-0.15, -0.1) is 0 Å². The van der Waals surface area contributed by atoms with Crippen molar-refractivity contribution in [2.75, 3.05) is 7.11 Å². The van der Waals surface area contributed by atoms with Gasteiger partial charge in [-0.25, -0.2) is 13.2 Å². The third kappa shape index (κ3) is 3.27. The van der Waals surface area contributed by atoms with Crippen LogP contribution in [0.25, 0.3) is 11.7 Å². The lowest BCUT2D eigenvalue weighted by Gasteiger charge is -2.06. The molecule has 0 aromatic heterocycles. The Labute approximate surface area is 121 Å². The zero-order chi connectivity index (χ0) is 15.4. The summed E-state index contributed by atoms with van der Waals surface area (Å²) in [5, 5.41) is 0. The van der Waals surface area contributed by atoms with Crippen LogP contribution < -0.4 is 4.74 Å². The quantitative estimate of drug-likeness (QED) is 0.707. The van der Waals surface area contributed by atoms with E-state index in [0.29, 0.717) is 0 Å². The van der Waals surface area contributed by atoms with E-state index >= 15 is 0 Å². The molecule has 2 rings (SSSR count). The zero-order valence-corrected chi connectivity index (χ0v) is 11.8. The third-order valence-electron chi connectivity index (χ3n) is 3.21. The van der Waals surface area contributed by atoms with Gasteiger partial charge >= 0.3 is 0 Å². The van der Waals surface area contributed by atoms with E-state index in [2.05, 4.69) is 0 Å². The summed E-state index contributed by atoms with van der Waals surface area (Å²) >= 11 is 0. The molecule has 1 nitrogen and oxygen atoms in total. The summed E-state index contributed by atoms with van der Waals surface area (Å²) in [6.07, 6.45) is 0.817. The van der Waals surface area contributed by atoms with E-state index in [1.54, 1.807) is 12.1 Å².